The largest absolute Gasteiger partial charge is 0.508 e. The lowest BCUT2D eigenvalue weighted by Gasteiger charge is -2.38. The lowest BCUT2D eigenvalue weighted by Crippen LogP contribution is -2.45. The number of piperidine rings is 1. The number of anilines is 1. The first-order valence-electron chi connectivity index (χ1n) is 12.1. The third-order valence-corrected chi connectivity index (χ3v) is 7.49. The molecule has 0 saturated carbocycles. The lowest BCUT2D eigenvalue weighted by atomic mass is 9.94. The molecule has 0 amide bonds. The van der Waals surface area contributed by atoms with Gasteiger partial charge in [0.2, 0.25) is 0 Å². The van der Waals surface area contributed by atoms with Gasteiger partial charge in [0, 0.05) is 23.8 Å². The van der Waals surface area contributed by atoms with Crippen molar-refractivity contribution in [3.8, 4) is 17.0 Å². The molecule has 3 atom stereocenters. The first-order valence-corrected chi connectivity index (χ1v) is 12.1. The van der Waals surface area contributed by atoms with E-state index in [0.717, 1.165) is 12.8 Å². The SMILES string of the molecule is CCc1c(F)ccc2cc(O)cc(-c3ncc4c(N5[C@@H]6CC[C@H]5CC(O)C6)nc(C)nc4c3F)c12. The number of benzene rings is 2. The van der Waals surface area contributed by atoms with E-state index in [1.165, 1.54) is 12.1 Å². The fourth-order valence-corrected chi connectivity index (χ4v) is 6.06. The molecular weight excluding hydrogens is 450 g/mol. The van der Waals surface area contributed by atoms with Crippen LogP contribution in [0.4, 0.5) is 14.6 Å². The number of aromatic nitrogens is 3. The summed E-state index contributed by atoms with van der Waals surface area (Å²) >= 11 is 0. The molecule has 0 aliphatic carbocycles. The Morgan fingerprint density at radius 3 is 2.54 bits per heavy atom. The minimum Gasteiger partial charge on any atom is -0.508 e. The summed E-state index contributed by atoms with van der Waals surface area (Å²) in [6.45, 7) is 3.57. The molecule has 0 radical (unpaired) electrons. The molecule has 35 heavy (non-hydrogen) atoms. The van der Waals surface area contributed by atoms with Gasteiger partial charge in [0.25, 0.3) is 0 Å². The topological polar surface area (TPSA) is 82.4 Å². The second-order valence-electron chi connectivity index (χ2n) is 9.67. The van der Waals surface area contributed by atoms with Crippen molar-refractivity contribution in [1.29, 1.82) is 0 Å². The highest BCUT2D eigenvalue weighted by Gasteiger charge is 2.41. The quantitative estimate of drug-likeness (QED) is 0.423. The van der Waals surface area contributed by atoms with Gasteiger partial charge in [-0.05, 0) is 73.6 Å². The number of fused-ring (bicyclic) bond motifs is 4. The van der Waals surface area contributed by atoms with E-state index in [4.69, 9.17) is 0 Å². The summed E-state index contributed by atoms with van der Waals surface area (Å²) in [6, 6.07) is 6.21. The molecule has 2 aliphatic rings. The number of rotatable bonds is 3. The average molecular weight is 477 g/mol. The third kappa shape index (κ3) is 3.42. The van der Waals surface area contributed by atoms with Crippen LogP contribution in [0.25, 0.3) is 32.9 Å². The van der Waals surface area contributed by atoms with Crippen molar-refractivity contribution in [3.05, 3.63) is 53.5 Å². The van der Waals surface area contributed by atoms with Crippen molar-refractivity contribution in [2.45, 2.75) is 64.1 Å². The summed E-state index contributed by atoms with van der Waals surface area (Å²) < 4.78 is 30.8. The van der Waals surface area contributed by atoms with Crippen LogP contribution < -0.4 is 4.90 Å². The molecule has 0 spiro atoms. The summed E-state index contributed by atoms with van der Waals surface area (Å²) in [4.78, 5) is 15.8. The number of aryl methyl sites for hydroxylation is 2. The summed E-state index contributed by atoms with van der Waals surface area (Å²) in [5, 5.41) is 22.2. The number of aliphatic hydroxyl groups excluding tert-OH is 1. The highest BCUT2D eigenvalue weighted by atomic mass is 19.1. The van der Waals surface area contributed by atoms with Crippen molar-refractivity contribution in [1.82, 2.24) is 15.0 Å². The van der Waals surface area contributed by atoms with E-state index in [-0.39, 0.29) is 41.0 Å². The molecule has 2 fully saturated rings. The molecule has 180 valence electrons. The fraction of sp³-hybridized carbons (Fsp3) is 0.370. The van der Waals surface area contributed by atoms with E-state index < -0.39 is 5.82 Å². The van der Waals surface area contributed by atoms with E-state index in [2.05, 4.69) is 19.9 Å². The van der Waals surface area contributed by atoms with E-state index in [9.17, 15) is 14.6 Å². The van der Waals surface area contributed by atoms with Crippen molar-refractivity contribution in [2.75, 3.05) is 4.90 Å². The van der Waals surface area contributed by atoms with Crippen LogP contribution in [0, 0.1) is 18.6 Å². The number of phenols is 1. The van der Waals surface area contributed by atoms with Gasteiger partial charge in [-0.3, -0.25) is 4.98 Å². The van der Waals surface area contributed by atoms with Crippen LogP contribution in [0.15, 0.2) is 30.5 Å². The summed E-state index contributed by atoms with van der Waals surface area (Å²) in [5.41, 5.74) is 0.935. The number of halogens is 2. The second kappa shape index (κ2) is 8.09. The number of pyridine rings is 1. The van der Waals surface area contributed by atoms with Gasteiger partial charge < -0.3 is 15.1 Å². The smallest absolute Gasteiger partial charge is 0.175 e. The average Bonchev–Trinajstić information content (AvgIpc) is 3.09. The summed E-state index contributed by atoms with van der Waals surface area (Å²) in [6.07, 6.45) is 4.90. The number of aliphatic hydroxyl groups is 1. The molecule has 8 heteroatoms. The van der Waals surface area contributed by atoms with Gasteiger partial charge in [-0.2, -0.15) is 0 Å². The van der Waals surface area contributed by atoms with Crippen LogP contribution in [-0.2, 0) is 6.42 Å². The van der Waals surface area contributed by atoms with E-state index in [1.807, 2.05) is 6.92 Å². The third-order valence-electron chi connectivity index (χ3n) is 7.49. The van der Waals surface area contributed by atoms with Gasteiger partial charge >= 0.3 is 0 Å². The number of nitrogens with zero attached hydrogens (tertiary/aromatic N) is 4. The van der Waals surface area contributed by atoms with Crippen molar-refractivity contribution >= 4 is 27.5 Å². The van der Waals surface area contributed by atoms with Crippen molar-refractivity contribution < 1.29 is 19.0 Å². The monoisotopic (exact) mass is 476 g/mol. The van der Waals surface area contributed by atoms with E-state index in [1.54, 1.807) is 25.3 Å². The van der Waals surface area contributed by atoms with Crippen LogP contribution in [0.5, 0.6) is 5.75 Å². The predicted octanol–water partition coefficient (Wildman–Crippen LogP) is 5.19. The Hall–Kier alpha value is -3.39. The highest BCUT2D eigenvalue weighted by Crippen LogP contribution is 2.43. The molecule has 1 unspecified atom stereocenters. The molecule has 2 N–H and O–H groups in total. The number of aromatic hydroxyl groups is 1. The Balaban J connectivity index is 1.59. The molecule has 2 aromatic carbocycles. The van der Waals surface area contributed by atoms with Gasteiger partial charge in [0.15, 0.2) is 5.82 Å². The molecule has 2 aliphatic heterocycles. The van der Waals surface area contributed by atoms with Gasteiger partial charge in [-0.25, -0.2) is 18.7 Å². The highest BCUT2D eigenvalue weighted by molar-refractivity contribution is 6.01. The van der Waals surface area contributed by atoms with Gasteiger partial charge in [-0.1, -0.05) is 13.0 Å². The molecular formula is C27H26F2N4O2. The first-order chi connectivity index (χ1) is 16.9. The van der Waals surface area contributed by atoms with E-state index >= 15 is 4.39 Å². The van der Waals surface area contributed by atoms with Crippen LogP contribution in [-0.4, -0.2) is 43.4 Å². The molecule has 4 heterocycles. The van der Waals surface area contributed by atoms with Crippen molar-refractivity contribution in [3.63, 3.8) is 0 Å². The zero-order chi connectivity index (χ0) is 24.4. The minimum atomic E-state index is -0.628. The predicted molar refractivity (Wildman–Crippen MR) is 131 cm³/mol. The van der Waals surface area contributed by atoms with Gasteiger partial charge in [0.05, 0.1) is 11.5 Å². The molecule has 2 bridgehead atoms. The zero-order valence-corrected chi connectivity index (χ0v) is 19.6. The normalized spacial score (nSPS) is 21.9. The summed E-state index contributed by atoms with van der Waals surface area (Å²) in [5.74, 6) is 0.0275. The second-order valence-corrected chi connectivity index (χ2v) is 9.67. The summed E-state index contributed by atoms with van der Waals surface area (Å²) in [7, 11) is 0. The van der Waals surface area contributed by atoms with Crippen LogP contribution >= 0.6 is 0 Å². The van der Waals surface area contributed by atoms with Gasteiger partial charge in [0.1, 0.15) is 34.4 Å². The number of hydrogen-bond donors (Lipinski definition) is 2. The lowest BCUT2D eigenvalue weighted by molar-refractivity contribution is 0.126. The van der Waals surface area contributed by atoms with Crippen molar-refractivity contribution in [2.24, 2.45) is 0 Å². The number of phenolic OH excluding ortho intramolecular Hbond substituents is 1. The maximum atomic E-state index is 16.2. The molecule has 2 saturated heterocycles. The fourth-order valence-electron chi connectivity index (χ4n) is 6.06. The molecule has 4 aromatic rings. The molecule has 6 rings (SSSR count). The molecule has 6 nitrogen and oxygen atoms in total. The maximum absolute atomic E-state index is 16.2. The minimum absolute atomic E-state index is 0.0137. The maximum Gasteiger partial charge on any atom is 0.175 e. The van der Waals surface area contributed by atoms with Crippen LogP contribution in [0.1, 0.15) is 44.0 Å². The Morgan fingerprint density at radius 1 is 1.09 bits per heavy atom. The Kier molecular flexibility index (Phi) is 5.11. The van der Waals surface area contributed by atoms with Crippen LogP contribution in [0.2, 0.25) is 0 Å². The Bertz CT molecular complexity index is 1480. The Morgan fingerprint density at radius 2 is 1.83 bits per heavy atom. The zero-order valence-electron chi connectivity index (χ0n) is 19.6. The number of hydrogen-bond acceptors (Lipinski definition) is 6. The van der Waals surface area contributed by atoms with Crippen LogP contribution in [0.3, 0.4) is 0 Å². The van der Waals surface area contributed by atoms with E-state index in [0.29, 0.717) is 58.2 Å². The first kappa shape index (κ1) is 22.1. The standard InChI is InChI=1S/C27H26F2N4O2/c1-3-19-22(28)7-4-14-8-17(34)11-20(23(14)19)25-24(29)26-21(12-30-25)27(32-13(2)31-26)33-15-5-6-16(33)10-18(35)9-15/h4,7-8,11-12,15-16,18,34-35H,3,5-6,9-10H2,1-2H3/t15-,16+,18?. The van der Waals surface area contributed by atoms with Gasteiger partial charge in [-0.15, -0.1) is 0 Å². The molecule has 2 aromatic heterocycles. The Labute approximate surface area is 201 Å².